The highest BCUT2D eigenvalue weighted by Crippen LogP contribution is 2.16. The number of carbonyl (C=O) groups excluding carboxylic acids is 1. The van der Waals surface area contributed by atoms with E-state index in [0.717, 1.165) is 18.2 Å². The van der Waals surface area contributed by atoms with Gasteiger partial charge in [0.05, 0.1) is 10.7 Å². The van der Waals surface area contributed by atoms with Crippen LogP contribution in [0.5, 0.6) is 5.75 Å². The Hall–Kier alpha value is -1.71. The maximum atomic E-state index is 11.1. The van der Waals surface area contributed by atoms with E-state index < -0.39 is 44.7 Å². The van der Waals surface area contributed by atoms with Crippen LogP contribution < -0.4 is 10.1 Å². The second-order valence-electron chi connectivity index (χ2n) is 3.12. The molecule has 1 aromatic carbocycles. The van der Waals surface area contributed by atoms with Gasteiger partial charge in [-0.1, -0.05) is 6.07 Å². The van der Waals surface area contributed by atoms with E-state index in [1.807, 2.05) is 0 Å². The summed E-state index contributed by atoms with van der Waals surface area (Å²) >= 11 is 0. The van der Waals surface area contributed by atoms with Crippen LogP contribution in [0.4, 0.5) is 4.79 Å². The molecule has 1 aliphatic heterocycles. The van der Waals surface area contributed by atoms with E-state index in [1.54, 1.807) is 0 Å². The lowest BCUT2D eigenvalue weighted by molar-refractivity contribution is 0.105. The maximum Gasteiger partial charge on any atom is 0.407 e. The number of cyclic esters (lactones) is 1. The first-order chi connectivity index (χ1) is 11.1. The molecule has 0 spiro atoms. The number of carbonyl (C=O) groups is 1. The molecular weight excluding hydrogens is 206 g/mol. The van der Waals surface area contributed by atoms with Gasteiger partial charge in [0.25, 0.3) is 0 Å². The predicted octanol–water partition coefficient (Wildman–Crippen LogP) is 1.79. The lowest BCUT2D eigenvalue weighted by atomic mass is 10.1. The number of amides is 1. The third kappa shape index (κ3) is 2.66. The molecule has 0 bridgehead atoms. The molecule has 0 saturated carbocycles. The standard InChI is InChI=1S/C12H15NO3/c1-8-3-9(2)5-10(4-8)15-7-11-6-13-12(14)16-11/h3-5,11H,6-7H2,1-2H3,(H,13,14)/i1D3,2D3,7D2,11D. The molecule has 4 nitrogen and oxygen atoms in total. The number of aryl methyl sites for hydroxylation is 2. The lowest BCUT2D eigenvalue weighted by Gasteiger charge is -2.11. The third-order valence-electron chi connectivity index (χ3n) is 1.80. The first-order valence-electron chi connectivity index (χ1n) is 8.96. The van der Waals surface area contributed by atoms with Gasteiger partial charge < -0.3 is 14.8 Å². The average Bonchev–Trinajstić information content (AvgIpc) is 2.77. The molecule has 1 N–H and O–H groups in total. The van der Waals surface area contributed by atoms with Crippen LogP contribution in [0.3, 0.4) is 0 Å². The average molecular weight is 230 g/mol. The molecule has 1 aliphatic rings. The van der Waals surface area contributed by atoms with Gasteiger partial charge in [-0.25, -0.2) is 4.79 Å². The van der Waals surface area contributed by atoms with E-state index in [4.69, 9.17) is 17.1 Å². The molecule has 1 aromatic rings. The molecule has 1 fully saturated rings. The van der Waals surface area contributed by atoms with Crippen molar-refractivity contribution < 1.29 is 26.6 Å². The summed E-state index contributed by atoms with van der Waals surface area (Å²) < 4.78 is 77.7. The van der Waals surface area contributed by atoms with Gasteiger partial charge in [0.1, 0.15) is 12.3 Å². The number of rotatable bonds is 3. The summed E-state index contributed by atoms with van der Waals surface area (Å²) in [6.07, 6.45) is -3.41. The number of ether oxygens (including phenoxy) is 2. The Balaban J connectivity index is 2.43. The molecule has 1 unspecified atom stereocenters. The van der Waals surface area contributed by atoms with Crippen LogP contribution in [0.15, 0.2) is 18.2 Å². The monoisotopic (exact) mass is 230 g/mol. The van der Waals surface area contributed by atoms with Crippen molar-refractivity contribution in [2.45, 2.75) is 19.8 Å². The van der Waals surface area contributed by atoms with Crippen molar-refractivity contribution in [2.24, 2.45) is 0 Å². The van der Waals surface area contributed by atoms with Crippen molar-refractivity contribution in [1.82, 2.24) is 5.32 Å². The normalized spacial score (nSPS) is 34.5. The van der Waals surface area contributed by atoms with Gasteiger partial charge in [0, 0.05) is 8.22 Å². The van der Waals surface area contributed by atoms with Crippen LogP contribution in [-0.4, -0.2) is 25.3 Å². The number of benzene rings is 1. The summed E-state index contributed by atoms with van der Waals surface area (Å²) in [4.78, 5) is 11.1. The van der Waals surface area contributed by atoms with Gasteiger partial charge in [0.15, 0.2) is 6.08 Å². The van der Waals surface area contributed by atoms with Crippen molar-refractivity contribution >= 4 is 6.09 Å². The summed E-state index contributed by atoms with van der Waals surface area (Å²) in [5, 5.41) is 2.12. The largest absolute Gasteiger partial charge is 0.490 e. The van der Waals surface area contributed by atoms with Crippen molar-refractivity contribution in [3.63, 3.8) is 0 Å². The number of hydrogen-bond donors (Lipinski definition) is 1. The van der Waals surface area contributed by atoms with E-state index in [0.29, 0.717) is 0 Å². The van der Waals surface area contributed by atoms with Crippen molar-refractivity contribution in [1.29, 1.82) is 0 Å². The molecule has 0 aliphatic carbocycles. The Morgan fingerprint density at radius 3 is 2.94 bits per heavy atom. The Morgan fingerprint density at radius 2 is 2.38 bits per heavy atom. The molecule has 4 heteroatoms. The third-order valence-corrected chi connectivity index (χ3v) is 1.80. The summed E-state index contributed by atoms with van der Waals surface area (Å²) in [6.45, 7) is -8.66. The Bertz CT molecular complexity index is 653. The van der Waals surface area contributed by atoms with Crippen molar-refractivity contribution in [3.8, 4) is 5.75 Å². The minimum atomic E-state index is -2.87. The Morgan fingerprint density at radius 1 is 1.62 bits per heavy atom. The fourth-order valence-corrected chi connectivity index (χ4v) is 1.17. The summed E-state index contributed by atoms with van der Waals surface area (Å²) in [7, 11) is 0. The zero-order valence-corrected chi connectivity index (χ0v) is 8.16. The molecule has 1 heterocycles. The van der Waals surface area contributed by atoms with Gasteiger partial charge in [-0.2, -0.15) is 0 Å². The van der Waals surface area contributed by atoms with E-state index >= 15 is 0 Å². The lowest BCUT2D eigenvalue weighted by Crippen LogP contribution is -2.21. The first-order valence-corrected chi connectivity index (χ1v) is 4.46. The van der Waals surface area contributed by atoms with Gasteiger partial charge >= 0.3 is 6.09 Å². The zero-order chi connectivity index (χ0) is 19.3. The van der Waals surface area contributed by atoms with Crippen molar-refractivity contribution in [3.05, 3.63) is 29.3 Å². The highest BCUT2D eigenvalue weighted by atomic mass is 16.6. The summed E-state index contributed by atoms with van der Waals surface area (Å²) in [5.74, 6) is -0.403. The van der Waals surface area contributed by atoms with Crippen LogP contribution in [0, 0.1) is 13.7 Å². The predicted molar refractivity (Wildman–Crippen MR) is 59.7 cm³/mol. The van der Waals surface area contributed by atoms with Gasteiger partial charge in [-0.05, 0) is 37.0 Å². The van der Waals surface area contributed by atoms with Crippen LogP contribution in [0.2, 0.25) is 0 Å². The van der Waals surface area contributed by atoms with Crippen LogP contribution in [0.25, 0.3) is 0 Å². The van der Waals surface area contributed by atoms with E-state index in [9.17, 15) is 4.79 Å². The maximum absolute atomic E-state index is 11.1. The molecule has 1 amide bonds. The topological polar surface area (TPSA) is 47.6 Å². The van der Waals surface area contributed by atoms with E-state index in [1.165, 1.54) is 0 Å². The summed E-state index contributed by atoms with van der Waals surface area (Å²) in [5.41, 5.74) is -0.708. The van der Waals surface area contributed by atoms with Gasteiger partial charge in [-0.3, -0.25) is 0 Å². The number of hydrogen-bond acceptors (Lipinski definition) is 3. The first kappa shape index (κ1) is 4.28. The number of alkyl carbamates (subject to hydrolysis) is 1. The van der Waals surface area contributed by atoms with Crippen LogP contribution in [0.1, 0.15) is 23.5 Å². The highest BCUT2D eigenvalue weighted by Gasteiger charge is 2.22. The molecule has 86 valence electrons. The van der Waals surface area contributed by atoms with E-state index in [-0.39, 0.29) is 11.1 Å². The zero-order valence-electron chi connectivity index (χ0n) is 17.2. The Kier molecular flexibility index (Phi) is 1.18. The molecule has 16 heavy (non-hydrogen) atoms. The molecule has 0 radical (unpaired) electrons. The van der Waals surface area contributed by atoms with E-state index in [2.05, 4.69) is 10.1 Å². The van der Waals surface area contributed by atoms with Gasteiger partial charge in [-0.15, -0.1) is 0 Å². The molecule has 2 rings (SSSR count). The Labute approximate surface area is 107 Å². The minimum absolute atomic E-state index is 0.354. The van der Waals surface area contributed by atoms with Crippen molar-refractivity contribution in [2.75, 3.05) is 13.1 Å². The number of nitrogens with one attached hydrogen (secondary N) is 1. The molecule has 0 aromatic heterocycles. The second kappa shape index (κ2) is 4.43. The van der Waals surface area contributed by atoms with Crippen LogP contribution >= 0.6 is 0 Å². The summed E-state index contributed by atoms with van der Waals surface area (Å²) in [6, 6.07) is 2.90. The fourth-order valence-electron chi connectivity index (χ4n) is 1.17. The minimum Gasteiger partial charge on any atom is -0.490 e. The SMILES string of the molecule is [2H]C([2H])([2H])c1cc(OC([2H])([2H])C2([2H])CNC(=O)O2)cc(C([2H])([2H])[2H])c1. The quantitative estimate of drug-likeness (QED) is 0.861. The highest BCUT2D eigenvalue weighted by molar-refractivity contribution is 5.69. The molecular formula is C12H15NO3. The smallest absolute Gasteiger partial charge is 0.407 e. The fraction of sp³-hybridized carbons (Fsp3) is 0.417. The molecule has 1 atom stereocenters. The molecule has 1 saturated heterocycles. The van der Waals surface area contributed by atoms with Gasteiger partial charge in [0.2, 0.25) is 0 Å². The van der Waals surface area contributed by atoms with Crippen LogP contribution in [-0.2, 0) is 4.74 Å². The second-order valence-corrected chi connectivity index (χ2v) is 3.12.